The SMILES string of the molecule is CCCNC(CO)CCSc1nccc(C)n1. The van der Waals surface area contributed by atoms with Crippen molar-refractivity contribution in [3.05, 3.63) is 18.0 Å². The molecule has 0 bridgehead atoms. The number of thioether (sulfide) groups is 1. The quantitative estimate of drug-likeness (QED) is 0.546. The summed E-state index contributed by atoms with van der Waals surface area (Å²) in [6.07, 6.45) is 3.80. The number of nitrogens with one attached hydrogen (secondary N) is 1. The Balaban J connectivity index is 2.26. The fourth-order valence-electron chi connectivity index (χ4n) is 1.39. The molecule has 0 aliphatic heterocycles. The summed E-state index contributed by atoms with van der Waals surface area (Å²) in [4.78, 5) is 8.52. The van der Waals surface area contributed by atoms with Crippen LogP contribution in [0.5, 0.6) is 0 Å². The monoisotopic (exact) mass is 255 g/mol. The first kappa shape index (κ1) is 14.4. The Kier molecular flexibility index (Phi) is 7.16. The Morgan fingerprint density at radius 3 is 3.00 bits per heavy atom. The summed E-state index contributed by atoms with van der Waals surface area (Å²) in [6.45, 7) is 5.23. The van der Waals surface area contributed by atoms with Gasteiger partial charge in [0.05, 0.1) is 6.61 Å². The van der Waals surface area contributed by atoms with Gasteiger partial charge in [0.25, 0.3) is 0 Å². The summed E-state index contributed by atoms with van der Waals surface area (Å²) in [5.41, 5.74) is 0.991. The number of aliphatic hydroxyl groups excluding tert-OH is 1. The molecule has 0 aromatic carbocycles. The van der Waals surface area contributed by atoms with Crippen molar-refractivity contribution in [3.63, 3.8) is 0 Å². The number of rotatable bonds is 8. The van der Waals surface area contributed by atoms with Gasteiger partial charge >= 0.3 is 0 Å². The summed E-state index contributed by atoms with van der Waals surface area (Å²) >= 11 is 1.64. The predicted octanol–water partition coefficient (Wildman–Crippen LogP) is 1.63. The average Bonchev–Trinajstić information content (AvgIpc) is 2.33. The minimum absolute atomic E-state index is 0.187. The molecule has 1 aromatic rings. The zero-order valence-corrected chi connectivity index (χ0v) is 11.3. The second-order valence-electron chi connectivity index (χ2n) is 3.95. The fraction of sp³-hybridized carbons (Fsp3) is 0.667. The van der Waals surface area contributed by atoms with Gasteiger partial charge in [0.15, 0.2) is 5.16 Å². The third-order valence-corrected chi connectivity index (χ3v) is 3.27. The van der Waals surface area contributed by atoms with Crippen LogP contribution >= 0.6 is 11.8 Å². The van der Waals surface area contributed by atoms with Crippen LogP contribution in [0.4, 0.5) is 0 Å². The van der Waals surface area contributed by atoms with Crippen LogP contribution in [0.25, 0.3) is 0 Å². The molecular formula is C12H21N3OS. The molecule has 4 nitrogen and oxygen atoms in total. The molecule has 1 heterocycles. The van der Waals surface area contributed by atoms with Gasteiger partial charge in [0.2, 0.25) is 0 Å². The molecule has 0 aliphatic rings. The maximum atomic E-state index is 9.19. The molecule has 0 radical (unpaired) electrons. The van der Waals surface area contributed by atoms with E-state index in [4.69, 9.17) is 0 Å². The van der Waals surface area contributed by atoms with E-state index in [-0.39, 0.29) is 12.6 Å². The summed E-state index contributed by atoms with van der Waals surface area (Å²) in [7, 11) is 0. The molecule has 0 saturated carbocycles. The van der Waals surface area contributed by atoms with Crippen molar-refractivity contribution < 1.29 is 5.11 Å². The molecule has 0 spiro atoms. The van der Waals surface area contributed by atoms with Crippen molar-refractivity contribution in [2.45, 2.75) is 37.9 Å². The molecule has 1 rings (SSSR count). The van der Waals surface area contributed by atoms with E-state index < -0.39 is 0 Å². The van der Waals surface area contributed by atoms with Gasteiger partial charge in [-0.2, -0.15) is 0 Å². The Bertz CT molecular complexity index is 322. The van der Waals surface area contributed by atoms with Gasteiger partial charge < -0.3 is 10.4 Å². The van der Waals surface area contributed by atoms with Gasteiger partial charge in [-0.05, 0) is 32.4 Å². The Hall–Kier alpha value is -0.650. The van der Waals surface area contributed by atoms with E-state index in [9.17, 15) is 5.11 Å². The van der Waals surface area contributed by atoms with E-state index in [1.54, 1.807) is 18.0 Å². The van der Waals surface area contributed by atoms with Crippen molar-refractivity contribution in [2.24, 2.45) is 0 Å². The predicted molar refractivity (Wildman–Crippen MR) is 71.3 cm³/mol. The van der Waals surface area contributed by atoms with Crippen LogP contribution in [-0.4, -0.2) is 40.0 Å². The molecule has 1 aromatic heterocycles. The largest absolute Gasteiger partial charge is 0.395 e. The molecule has 1 unspecified atom stereocenters. The second-order valence-corrected chi connectivity index (χ2v) is 5.01. The first-order chi connectivity index (χ1) is 8.26. The lowest BCUT2D eigenvalue weighted by atomic mass is 10.2. The molecule has 5 heteroatoms. The Morgan fingerprint density at radius 2 is 2.35 bits per heavy atom. The highest BCUT2D eigenvalue weighted by molar-refractivity contribution is 7.99. The molecule has 2 N–H and O–H groups in total. The minimum Gasteiger partial charge on any atom is -0.395 e. The van der Waals surface area contributed by atoms with E-state index in [1.807, 2.05) is 13.0 Å². The highest BCUT2D eigenvalue weighted by atomic mass is 32.2. The van der Waals surface area contributed by atoms with Crippen molar-refractivity contribution in [1.29, 1.82) is 0 Å². The van der Waals surface area contributed by atoms with E-state index >= 15 is 0 Å². The van der Waals surface area contributed by atoms with E-state index in [1.165, 1.54) is 0 Å². The second kappa shape index (κ2) is 8.44. The van der Waals surface area contributed by atoms with Crippen LogP contribution in [0.2, 0.25) is 0 Å². The normalized spacial score (nSPS) is 12.6. The topological polar surface area (TPSA) is 58.0 Å². The summed E-state index contributed by atoms with van der Waals surface area (Å²) in [5, 5.41) is 13.3. The van der Waals surface area contributed by atoms with Crippen molar-refractivity contribution >= 4 is 11.8 Å². The lowest BCUT2D eigenvalue weighted by Gasteiger charge is -2.14. The van der Waals surface area contributed by atoms with Crippen LogP contribution in [0.15, 0.2) is 17.4 Å². The lowest BCUT2D eigenvalue weighted by molar-refractivity contribution is 0.240. The minimum atomic E-state index is 0.187. The average molecular weight is 255 g/mol. The van der Waals surface area contributed by atoms with E-state index in [0.29, 0.717) is 0 Å². The van der Waals surface area contributed by atoms with Crippen LogP contribution in [0, 0.1) is 6.92 Å². The van der Waals surface area contributed by atoms with Gasteiger partial charge in [-0.1, -0.05) is 18.7 Å². The van der Waals surface area contributed by atoms with Crippen molar-refractivity contribution in [2.75, 3.05) is 18.9 Å². The van der Waals surface area contributed by atoms with Crippen LogP contribution in [0.3, 0.4) is 0 Å². The first-order valence-electron chi connectivity index (χ1n) is 6.03. The molecule has 0 saturated heterocycles. The molecule has 0 amide bonds. The molecular weight excluding hydrogens is 234 g/mol. The zero-order valence-electron chi connectivity index (χ0n) is 10.5. The van der Waals surface area contributed by atoms with Crippen LogP contribution in [0.1, 0.15) is 25.5 Å². The van der Waals surface area contributed by atoms with Gasteiger partial charge in [0, 0.05) is 23.7 Å². The van der Waals surface area contributed by atoms with Gasteiger partial charge in [-0.25, -0.2) is 9.97 Å². The maximum Gasteiger partial charge on any atom is 0.187 e. The van der Waals surface area contributed by atoms with Crippen molar-refractivity contribution in [1.82, 2.24) is 15.3 Å². The lowest BCUT2D eigenvalue weighted by Crippen LogP contribution is -2.33. The highest BCUT2D eigenvalue weighted by Gasteiger charge is 2.06. The third-order valence-electron chi connectivity index (χ3n) is 2.37. The first-order valence-corrected chi connectivity index (χ1v) is 7.01. The van der Waals surface area contributed by atoms with Crippen LogP contribution in [-0.2, 0) is 0 Å². The smallest absolute Gasteiger partial charge is 0.187 e. The number of aryl methyl sites for hydroxylation is 1. The van der Waals surface area contributed by atoms with Gasteiger partial charge in [-0.15, -0.1) is 0 Å². The standard InChI is InChI=1S/C12H21N3OS/c1-3-6-13-11(9-16)5-8-17-12-14-7-4-10(2)15-12/h4,7,11,13,16H,3,5-6,8-9H2,1-2H3. The Morgan fingerprint density at radius 1 is 1.53 bits per heavy atom. The van der Waals surface area contributed by atoms with Gasteiger partial charge in [0.1, 0.15) is 0 Å². The summed E-state index contributed by atoms with van der Waals surface area (Å²) in [6, 6.07) is 2.08. The van der Waals surface area contributed by atoms with E-state index in [0.717, 1.165) is 36.0 Å². The number of aliphatic hydroxyl groups is 1. The van der Waals surface area contributed by atoms with E-state index in [2.05, 4.69) is 22.2 Å². The summed E-state index contributed by atoms with van der Waals surface area (Å²) in [5.74, 6) is 0.922. The van der Waals surface area contributed by atoms with Crippen molar-refractivity contribution in [3.8, 4) is 0 Å². The third kappa shape index (κ3) is 6.00. The number of aromatic nitrogens is 2. The highest BCUT2D eigenvalue weighted by Crippen LogP contribution is 2.14. The molecule has 0 fully saturated rings. The molecule has 0 aliphatic carbocycles. The molecule has 96 valence electrons. The number of hydrogen-bond acceptors (Lipinski definition) is 5. The molecule has 1 atom stereocenters. The van der Waals surface area contributed by atoms with Gasteiger partial charge in [-0.3, -0.25) is 0 Å². The summed E-state index contributed by atoms with van der Waals surface area (Å²) < 4.78 is 0. The maximum absolute atomic E-state index is 9.19. The van der Waals surface area contributed by atoms with Crippen LogP contribution < -0.4 is 5.32 Å². The Labute approximate surface area is 107 Å². The fourth-order valence-corrected chi connectivity index (χ4v) is 2.32. The number of hydrogen-bond donors (Lipinski definition) is 2. The number of nitrogens with zero attached hydrogens (tertiary/aromatic N) is 2. The molecule has 17 heavy (non-hydrogen) atoms. The zero-order chi connectivity index (χ0) is 12.5.